The Morgan fingerprint density at radius 1 is 1.25 bits per heavy atom. The molecule has 0 amide bonds. The van der Waals surface area contributed by atoms with Crippen LogP contribution in [0.2, 0.25) is 5.02 Å². The summed E-state index contributed by atoms with van der Waals surface area (Å²) in [6, 6.07) is 7.76. The maximum Gasteiger partial charge on any atom is 0.434 e. The number of alkyl halides is 3. The van der Waals surface area contributed by atoms with E-state index in [0.29, 0.717) is 26.6 Å². The van der Waals surface area contributed by atoms with Crippen molar-refractivity contribution >= 4 is 50.9 Å². The van der Waals surface area contributed by atoms with Crippen molar-refractivity contribution in [1.29, 1.82) is 0 Å². The Kier molecular flexibility index (Phi) is 8.81. The third kappa shape index (κ3) is 5.98. The summed E-state index contributed by atoms with van der Waals surface area (Å²) in [5.74, 6) is -0.480. The van der Waals surface area contributed by atoms with E-state index >= 15 is 0 Å². The molecule has 0 saturated carbocycles. The molecule has 7 nitrogen and oxygen atoms in total. The number of thiazole rings is 1. The lowest BCUT2D eigenvalue weighted by atomic mass is 9.95. The van der Waals surface area contributed by atoms with Gasteiger partial charge in [-0.25, -0.2) is 9.79 Å². The van der Waals surface area contributed by atoms with Gasteiger partial charge in [0, 0.05) is 15.1 Å². The molecule has 1 aromatic heterocycles. The summed E-state index contributed by atoms with van der Waals surface area (Å²) in [4.78, 5) is 30.3. The van der Waals surface area contributed by atoms with Crippen LogP contribution in [-0.4, -0.2) is 36.5 Å². The van der Waals surface area contributed by atoms with Crippen LogP contribution in [0.1, 0.15) is 37.9 Å². The number of carbonyl (C=O) groups excluding carboxylic acids is 1. The number of allylic oxidation sites excluding steroid dienone is 1. The highest BCUT2D eigenvalue weighted by Gasteiger charge is 2.45. The fourth-order valence-corrected chi connectivity index (χ4v) is 5.72. The van der Waals surface area contributed by atoms with Crippen LogP contribution in [0.3, 0.4) is 0 Å². The second-order valence-electron chi connectivity index (χ2n) is 8.81. The molecule has 212 valence electrons. The molecule has 3 aromatic rings. The minimum Gasteiger partial charge on any atom is -0.493 e. The first-order valence-electron chi connectivity index (χ1n) is 12.0. The van der Waals surface area contributed by atoms with Crippen LogP contribution >= 0.6 is 38.9 Å². The highest BCUT2D eigenvalue weighted by atomic mass is 79.9. The lowest BCUT2D eigenvalue weighted by Crippen LogP contribution is -2.41. The van der Waals surface area contributed by atoms with Crippen molar-refractivity contribution in [1.82, 2.24) is 4.57 Å². The van der Waals surface area contributed by atoms with Gasteiger partial charge in [0.25, 0.3) is 5.56 Å². The van der Waals surface area contributed by atoms with Crippen LogP contribution in [0.5, 0.6) is 11.5 Å². The van der Waals surface area contributed by atoms with Gasteiger partial charge in [0.05, 0.1) is 36.0 Å². The smallest absolute Gasteiger partial charge is 0.434 e. The highest BCUT2D eigenvalue weighted by Crippen LogP contribution is 2.39. The number of fused-ring (bicyclic) bond motifs is 1. The molecule has 4 rings (SSSR count). The molecule has 2 heterocycles. The molecule has 0 unspecified atom stereocenters. The summed E-state index contributed by atoms with van der Waals surface area (Å²) >= 11 is 10.2. The zero-order chi connectivity index (χ0) is 29.4. The largest absolute Gasteiger partial charge is 0.493 e. The van der Waals surface area contributed by atoms with E-state index in [1.54, 1.807) is 12.1 Å². The molecule has 1 aliphatic rings. The third-order valence-electron chi connectivity index (χ3n) is 5.69. The van der Waals surface area contributed by atoms with Crippen molar-refractivity contribution in [2.24, 2.45) is 4.99 Å². The van der Waals surface area contributed by atoms with Crippen LogP contribution in [-0.2, 0) is 9.53 Å². The molecular weight excluding hydrogens is 637 g/mol. The Labute approximate surface area is 244 Å². The molecule has 13 heteroatoms. The second-order valence-corrected chi connectivity index (χ2v) is 11.2. The first-order chi connectivity index (χ1) is 18.8. The molecule has 0 radical (unpaired) electrons. The molecule has 0 fully saturated rings. The third-order valence-corrected chi connectivity index (χ3v) is 7.38. The summed E-state index contributed by atoms with van der Waals surface area (Å²) in [6.45, 7) is 4.94. The second kappa shape index (κ2) is 11.8. The van der Waals surface area contributed by atoms with Crippen molar-refractivity contribution in [3.63, 3.8) is 0 Å². The van der Waals surface area contributed by atoms with Gasteiger partial charge in [-0.15, -0.1) is 0 Å². The summed E-state index contributed by atoms with van der Waals surface area (Å²) in [7, 11) is 1.47. The molecule has 40 heavy (non-hydrogen) atoms. The van der Waals surface area contributed by atoms with Crippen LogP contribution in [0.15, 0.2) is 61.9 Å². The Balaban J connectivity index is 2.06. The minimum absolute atomic E-state index is 0.0677. The number of aromatic nitrogens is 1. The SMILES string of the molecule is CCOC(=O)C1=C(C(F)(F)F)N=c2s/c(=C\c3cc(Br)cc(OC)c3OC(C)C)c(=O)n2[C@@H]1c1ccc(Cl)cc1. The molecule has 0 spiro atoms. The van der Waals surface area contributed by atoms with Gasteiger partial charge in [0.2, 0.25) is 0 Å². The fourth-order valence-electron chi connectivity index (χ4n) is 4.15. The van der Waals surface area contributed by atoms with Crippen LogP contribution < -0.4 is 24.4 Å². The van der Waals surface area contributed by atoms with Crippen LogP contribution in [0, 0.1) is 0 Å². The number of halogens is 5. The molecule has 1 aliphatic heterocycles. The van der Waals surface area contributed by atoms with E-state index < -0.39 is 35.0 Å². The van der Waals surface area contributed by atoms with Gasteiger partial charge in [-0.05, 0) is 56.7 Å². The number of methoxy groups -OCH3 is 1. The molecule has 0 bridgehead atoms. The minimum atomic E-state index is -5.00. The van der Waals surface area contributed by atoms with E-state index in [1.807, 2.05) is 13.8 Å². The first-order valence-corrected chi connectivity index (χ1v) is 13.9. The lowest BCUT2D eigenvalue weighted by molar-refractivity contribution is -0.140. The number of carbonyl (C=O) groups is 1. The Morgan fingerprint density at radius 2 is 1.93 bits per heavy atom. The maximum absolute atomic E-state index is 14.3. The van der Waals surface area contributed by atoms with Gasteiger partial charge in [-0.1, -0.05) is 51.0 Å². The maximum atomic E-state index is 14.3. The van der Waals surface area contributed by atoms with Crippen molar-refractivity contribution < 1.29 is 32.2 Å². The number of hydrogen-bond donors (Lipinski definition) is 0. The van der Waals surface area contributed by atoms with Crippen molar-refractivity contribution in [2.45, 2.75) is 39.1 Å². The summed E-state index contributed by atoms with van der Waals surface area (Å²) in [6.07, 6.45) is -3.75. The highest BCUT2D eigenvalue weighted by molar-refractivity contribution is 9.10. The van der Waals surface area contributed by atoms with Gasteiger partial charge in [0.15, 0.2) is 22.0 Å². The van der Waals surface area contributed by atoms with E-state index in [2.05, 4.69) is 20.9 Å². The molecule has 0 N–H and O–H groups in total. The Bertz CT molecular complexity index is 1660. The topological polar surface area (TPSA) is 79.1 Å². The Hall–Kier alpha value is -3.09. The summed E-state index contributed by atoms with van der Waals surface area (Å²) in [5.41, 5.74) is -2.19. The van der Waals surface area contributed by atoms with Gasteiger partial charge >= 0.3 is 12.1 Å². The van der Waals surface area contributed by atoms with Crippen molar-refractivity contribution in [3.8, 4) is 11.5 Å². The van der Waals surface area contributed by atoms with Crippen molar-refractivity contribution in [2.75, 3.05) is 13.7 Å². The van der Waals surface area contributed by atoms with E-state index in [9.17, 15) is 22.8 Å². The van der Waals surface area contributed by atoms with Gasteiger partial charge in [-0.3, -0.25) is 9.36 Å². The number of esters is 1. The average Bonchev–Trinajstić information content (AvgIpc) is 3.19. The van der Waals surface area contributed by atoms with Gasteiger partial charge < -0.3 is 14.2 Å². The standard InChI is InChI=1S/C27H23BrClF3N2O5S/c1-5-38-25(36)20-21(14-6-8-17(29)9-7-14)34-24(35)19(40-26(34)33-23(20)27(30,31)32)11-15-10-16(28)12-18(37-4)22(15)39-13(2)3/h6-13,21H,5H2,1-4H3/b19-11-/t21-/m1/s1. The Morgan fingerprint density at radius 3 is 2.50 bits per heavy atom. The molecule has 1 atom stereocenters. The number of rotatable bonds is 7. The number of nitrogens with zero attached hydrogens (tertiary/aromatic N) is 2. The fraction of sp³-hybridized carbons (Fsp3) is 0.296. The molecule has 0 aliphatic carbocycles. The number of benzene rings is 2. The van der Waals surface area contributed by atoms with E-state index in [0.717, 1.165) is 15.9 Å². The lowest BCUT2D eigenvalue weighted by Gasteiger charge is -2.26. The van der Waals surface area contributed by atoms with Gasteiger partial charge in [0.1, 0.15) is 0 Å². The van der Waals surface area contributed by atoms with Crippen LogP contribution in [0.25, 0.3) is 6.08 Å². The van der Waals surface area contributed by atoms with Gasteiger partial charge in [-0.2, -0.15) is 13.2 Å². The monoisotopic (exact) mass is 658 g/mol. The van der Waals surface area contributed by atoms with Crippen molar-refractivity contribution in [3.05, 3.63) is 88.0 Å². The molecular formula is C27H23BrClF3N2O5S. The molecule has 0 saturated heterocycles. The predicted octanol–water partition coefficient (Wildman–Crippen LogP) is 5.55. The quantitative estimate of drug-likeness (QED) is 0.311. The molecule has 2 aromatic carbocycles. The van der Waals surface area contributed by atoms with Crippen LogP contribution in [0.4, 0.5) is 13.2 Å². The van der Waals surface area contributed by atoms with E-state index in [1.165, 1.54) is 44.4 Å². The zero-order valence-electron chi connectivity index (χ0n) is 21.6. The first kappa shape index (κ1) is 29.9. The summed E-state index contributed by atoms with van der Waals surface area (Å²) in [5, 5.41) is 0.329. The normalized spacial score (nSPS) is 15.7. The predicted molar refractivity (Wildman–Crippen MR) is 149 cm³/mol. The number of hydrogen-bond acceptors (Lipinski definition) is 7. The zero-order valence-corrected chi connectivity index (χ0v) is 24.8. The summed E-state index contributed by atoms with van der Waals surface area (Å²) < 4.78 is 61.0. The average molecular weight is 660 g/mol. The van der Waals surface area contributed by atoms with E-state index in [-0.39, 0.29) is 27.6 Å². The van der Waals surface area contributed by atoms with E-state index in [4.69, 9.17) is 25.8 Å². The number of ether oxygens (including phenoxy) is 3.